The lowest BCUT2D eigenvalue weighted by Gasteiger charge is -2.33. The van der Waals surface area contributed by atoms with E-state index in [4.69, 9.17) is 9.47 Å². The molecule has 4 aromatic heterocycles. The molecule has 0 bridgehead atoms. The van der Waals surface area contributed by atoms with Crippen molar-refractivity contribution >= 4 is 22.9 Å². The van der Waals surface area contributed by atoms with Gasteiger partial charge in [-0.2, -0.15) is 10.4 Å². The van der Waals surface area contributed by atoms with Gasteiger partial charge in [0.1, 0.15) is 45.3 Å². The number of nitrogens with zero attached hydrogens (tertiary/aromatic N) is 8. The van der Waals surface area contributed by atoms with Crippen LogP contribution in [0.4, 0.5) is 4.79 Å². The van der Waals surface area contributed by atoms with E-state index in [-0.39, 0.29) is 18.2 Å². The molecule has 0 aromatic carbocycles. The van der Waals surface area contributed by atoms with Crippen LogP contribution in [0.2, 0.25) is 0 Å². The number of hydrogen-bond acceptors (Lipinski definition) is 9. The van der Waals surface area contributed by atoms with E-state index in [1.54, 1.807) is 20.8 Å². The zero-order valence-corrected chi connectivity index (χ0v) is 23.8. The van der Waals surface area contributed by atoms with Gasteiger partial charge >= 0.3 is 6.09 Å². The second kappa shape index (κ2) is 10.3. The Balaban J connectivity index is 1.41. The number of carbonyl (C=O) groups excluding carboxylic acids is 1. The van der Waals surface area contributed by atoms with E-state index in [1.165, 1.54) is 6.20 Å². The molecule has 0 aliphatic carbocycles. The molecule has 11 nitrogen and oxygen atoms in total. The number of rotatable bonds is 5. The molecule has 0 radical (unpaired) electrons. The number of thiazole rings is 1. The van der Waals surface area contributed by atoms with Crippen LogP contribution in [0, 0.1) is 25.2 Å². The molecule has 12 heteroatoms. The number of fused-ring (bicyclic) bond motifs is 1. The number of ether oxygens (including phenoxy) is 2. The van der Waals surface area contributed by atoms with Gasteiger partial charge in [-0.15, -0.1) is 16.4 Å². The smallest absolute Gasteiger partial charge is 0.410 e. The van der Waals surface area contributed by atoms with Crippen LogP contribution >= 0.6 is 11.3 Å². The number of aromatic nitrogens is 6. The topological polar surface area (TPSA) is 123 Å². The Bertz CT molecular complexity index is 1550. The van der Waals surface area contributed by atoms with E-state index >= 15 is 0 Å². The molecule has 1 aliphatic heterocycles. The Hall–Kier alpha value is -3.98. The zero-order valence-electron chi connectivity index (χ0n) is 23.0. The van der Waals surface area contributed by atoms with Crippen LogP contribution in [0.25, 0.3) is 16.8 Å². The van der Waals surface area contributed by atoms with Gasteiger partial charge < -0.3 is 14.4 Å². The van der Waals surface area contributed by atoms with E-state index in [1.807, 2.05) is 64.7 Å². The lowest BCUT2D eigenvalue weighted by atomic mass is 10.0. The summed E-state index contributed by atoms with van der Waals surface area (Å²) in [5, 5.41) is 23.9. The fourth-order valence-corrected chi connectivity index (χ4v) is 5.52. The predicted molar refractivity (Wildman–Crippen MR) is 146 cm³/mol. The van der Waals surface area contributed by atoms with Gasteiger partial charge in [0.05, 0.1) is 17.9 Å². The molecule has 1 unspecified atom stereocenters. The van der Waals surface area contributed by atoms with Crippen molar-refractivity contribution in [1.82, 2.24) is 34.5 Å². The maximum atomic E-state index is 12.5. The molecule has 39 heavy (non-hydrogen) atoms. The minimum Gasteiger partial charge on any atom is -0.481 e. The fraction of sp³-hybridized carbons (Fsp3) is 0.481. The predicted octanol–water partition coefficient (Wildman–Crippen LogP) is 5.25. The quantitative estimate of drug-likeness (QED) is 0.331. The summed E-state index contributed by atoms with van der Waals surface area (Å²) in [5.41, 5.74) is 2.91. The summed E-state index contributed by atoms with van der Waals surface area (Å²) < 4.78 is 15.5. The maximum Gasteiger partial charge on any atom is 0.410 e. The summed E-state index contributed by atoms with van der Waals surface area (Å²) in [4.78, 5) is 19.8. The molecule has 1 aliphatic rings. The van der Waals surface area contributed by atoms with E-state index in [2.05, 4.69) is 26.5 Å². The van der Waals surface area contributed by atoms with E-state index in [0.717, 1.165) is 34.0 Å². The van der Waals surface area contributed by atoms with Crippen molar-refractivity contribution in [3.05, 3.63) is 45.8 Å². The van der Waals surface area contributed by atoms with Crippen LogP contribution in [-0.2, 0) is 4.74 Å². The number of hydrogen-bond donors (Lipinski definition) is 0. The number of nitriles is 1. The highest BCUT2D eigenvalue weighted by molar-refractivity contribution is 7.11. The highest BCUT2D eigenvalue weighted by Gasteiger charge is 2.29. The Morgan fingerprint density at radius 3 is 2.62 bits per heavy atom. The number of aryl methyl sites for hydroxylation is 1. The van der Waals surface area contributed by atoms with E-state index in [0.29, 0.717) is 35.6 Å². The third kappa shape index (κ3) is 5.45. The summed E-state index contributed by atoms with van der Waals surface area (Å²) in [6, 6.07) is 4.21. The SMILES string of the molecule is Cc1cnc(C(C)Oc2cc(-c3nnn(C4CCN(C(=O)OC(C)(C)C)CC4)c3C)cn3ncc(C#N)c23)s1. The first-order valence-electron chi connectivity index (χ1n) is 12.9. The lowest BCUT2D eigenvalue weighted by molar-refractivity contribution is 0.0184. The molecule has 204 valence electrons. The highest BCUT2D eigenvalue weighted by atomic mass is 32.1. The van der Waals surface area contributed by atoms with Crippen LogP contribution in [0.1, 0.15) is 73.8 Å². The summed E-state index contributed by atoms with van der Waals surface area (Å²) in [6.07, 6.45) is 6.12. The number of carbonyl (C=O) groups is 1. The van der Waals surface area contributed by atoms with E-state index < -0.39 is 5.60 Å². The van der Waals surface area contributed by atoms with Crippen LogP contribution in [0.5, 0.6) is 5.75 Å². The Kier molecular flexibility index (Phi) is 7.03. The number of pyridine rings is 1. The summed E-state index contributed by atoms with van der Waals surface area (Å²) >= 11 is 1.58. The van der Waals surface area contributed by atoms with Gasteiger partial charge in [0, 0.05) is 35.9 Å². The number of likely N-dealkylation sites (tertiary alicyclic amines) is 1. The van der Waals surface area contributed by atoms with Gasteiger partial charge in [-0.1, -0.05) is 5.21 Å². The van der Waals surface area contributed by atoms with Gasteiger partial charge in [0.2, 0.25) is 0 Å². The van der Waals surface area contributed by atoms with Crippen molar-refractivity contribution < 1.29 is 14.3 Å². The second-order valence-corrected chi connectivity index (χ2v) is 12.1. The molecule has 5 heterocycles. The van der Waals surface area contributed by atoms with Crippen LogP contribution in [0.15, 0.2) is 24.7 Å². The standard InChI is InChI=1S/C27H32N8O3S/c1-16-13-29-25(39-16)18(3)37-22-11-19(15-34-24(22)20(12-28)14-30-34)23-17(2)35(32-31-23)21-7-9-33(10-8-21)26(36)38-27(4,5)6/h11,13-15,18,21H,7-10H2,1-6H3. The van der Waals surface area contributed by atoms with Crippen LogP contribution in [-0.4, -0.2) is 59.3 Å². The average Bonchev–Trinajstić information content (AvgIpc) is 3.61. The molecule has 0 N–H and O–H groups in total. The molecule has 1 amide bonds. The molecule has 5 rings (SSSR count). The third-order valence-electron chi connectivity index (χ3n) is 6.65. The number of piperidine rings is 1. The van der Waals surface area contributed by atoms with Crippen molar-refractivity contribution in [3.63, 3.8) is 0 Å². The first kappa shape index (κ1) is 26.6. The molecular weight excluding hydrogens is 516 g/mol. The first-order valence-corrected chi connectivity index (χ1v) is 13.8. The zero-order chi connectivity index (χ0) is 27.9. The molecule has 1 atom stereocenters. The van der Waals surface area contributed by atoms with Crippen LogP contribution in [0.3, 0.4) is 0 Å². The first-order chi connectivity index (χ1) is 18.5. The fourth-order valence-electron chi connectivity index (χ4n) is 4.76. The normalized spacial score (nSPS) is 15.4. The average molecular weight is 549 g/mol. The molecular formula is C27H32N8O3S. The van der Waals surface area contributed by atoms with Gasteiger partial charge in [-0.05, 0) is 60.5 Å². The van der Waals surface area contributed by atoms with Crippen molar-refractivity contribution in [2.75, 3.05) is 13.1 Å². The van der Waals surface area contributed by atoms with Crippen molar-refractivity contribution in [2.45, 2.75) is 72.1 Å². The summed E-state index contributed by atoms with van der Waals surface area (Å²) in [5.74, 6) is 0.529. The monoisotopic (exact) mass is 548 g/mol. The minimum atomic E-state index is -0.519. The minimum absolute atomic E-state index is 0.118. The summed E-state index contributed by atoms with van der Waals surface area (Å²) in [7, 11) is 0. The third-order valence-corrected chi connectivity index (χ3v) is 7.72. The highest BCUT2D eigenvalue weighted by Crippen LogP contribution is 2.35. The molecule has 4 aromatic rings. The largest absolute Gasteiger partial charge is 0.481 e. The molecule has 0 saturated carbocycles. The van der Waals surface area contributed by atoms with Crippen molar-refractivity contribution in [3.8, 4) is 23.1 Å². The van der Waals surface area contributed by atoms with Crippen LogP contribution < -0.4 is 4.74 Å². The lowest BCUT2D eigenvalue weighted by Crippen LogP contribution is -2.42. The van der Waals surface area contributed by atoms with Gasteiger partial charge in [0.25, 0.3) is 0 Å². The molecule has 1 saturated heterocycles. The Morgan fingerprint density at radius 1 is 1.23 bits per heavy atom. The van der Waals surface area contributed by atoms with Gasteiger partial charge in [-0.25, -0.2) is 19.0 Å². The Morgan fingerprint density at radius 2 is 1.97 bits per heavy atom. The Labute approximate surface area is 231 Å². The summed E-state index contributed by atoms with van der Waals surface area (Å²) in [6.45, 7) is 12.7. The maximum absolute atomic E-state index is 12.5. The van der Waals surface area contributed by atoms with Crippen molar-refractivity contribution in [2.24, 2.45) is 0 Å². The number of amides is 1. The van der Waals surface area contributed by atoms with E-state index in [9.17, 15) is 10.1 Å². The molecule has 1 fully saturated rings. The van der Waals surface area contributed by atoms with Crippen molar-refractivity contribution in [1.29, 1.82) is 5.26 Å². The second-order valence-electron chi connectivity index (χ2n) is 10.8. The molecule has 0 spiro atoms. The van der Waals surface area contributed by atoms with Gasteiger partial charge in [0.15, 0.2) is 0 Å². The van der Waals surface area contributed by atoms with Gasteiger partial charge in [-0.3, -0.25) is 0 Å².